The predicted octanol–water partition coefficient (Wildman–Crippen LogP) is 3.38. The molecular weight excluding hydrogens is 250 g/mol. The van der Waals surface area contributed by atoms with Crippen LogP contribution in [0.4, 0.5) is 0 Å². The Balaban J connectivity index is 2.44. The third-order valence-corrected chi connectivity index (χ3v) is 3.08. The second kappa shape index (κ2) is 5.72. The van der Waals surface area contributed by atoms with Crippen LogP contribution in [0.15, 0.2) is 30.5 Å². The zero-order chi connectivity index (χ0) is 14.7. The zero-order valence-corrected chi connectivity index (χ0v) is 11.8. The predicted molar refractivity (Wildman–Crippen MR) is 77.5 cm³/mol. The summed E-state index contributed by atoms with van der Waals surface area (Å²) in [6.07, 6.45) is 1.68. The van der Waals surface area contributed by atoms with Crippen molar-refractivity contribution in [2.24, 2.45) is 5.73 Å². The van der Waals surface area contributed by atoms with E-state index >= 15 is 0 Å². The Kier molecular flexibility index (Phi) is 4.02. The molecule has 0 saturated carbocycles. The number of hydrogen-bond donors (Lipinski definition) is 1. The first-order valence-electron chi connectivity index (χ1n) is 6.42. The molecule has 0 fully saturated rings. The molecular formula is C16H17N3O. The normalized spacial score (nSPS) is 11.8. The van der Waals surface area contributed by atoms with Gasteiger partial charge in [0.15, 0.2) is 0 Å². The Morgan fingerprint density at radius 2 is 1.95 bits per heavy atom. The minimum Gasteiger partial charge on any atom is -0.438 e. The molecule has 0 aliphatic carbocycles. The number of aryl methyl sites for hydroxylation is 2. The Morgan fingerprint density at radius 3 is 2.50 bits per heavy atom. The average molecular weight is 267 g/mol. The van der Waals surface area contributed by atoms with Crippen molar-refractivity contribution in [2.45, 2.75) is 26.8 Å². The van der Waals surface area contributed by atoms with Gasteiger partial charge in [-0.3, -0.25) is 0 Å². The lowest BCUT2D eigenvalue weighted by Crippen LogP contribution is -2.08. The highest BCUT2D eigenvalue weighted by molar-refractivity contribution is 5.49. The number of benzene rings is 1. The number of rotatable bonds is 3. The summed E-state index contributed by atoms with van der Waals surface area (Å²) in [7, 11) is 0. The van der Waals surface area contributed by atoms with Gasteiger partial charge >= 0.3 is 0 Å². The van der Waals surface area contributed by atoms with E-state index in [0.717, 1.165) is 22.4 Å². The number of hydrogen-bond acceptors (Lipinski definition) is 4. The summed E-state index contributed by atoms with van der Waals surface area (Å²) in [5, 5.41) is 8.96. The van der Waals surface area contributed by atoms with Crippen LogP contribution in [0, 0.1) is 25.2 Å². The molecule has 2 aromatic rings. The van der Waals surface area contributed by atoms with Gasteiger partial charge in [-0.2, -0.15) is 5.26 Å². The van der Waals surface area contributed by atoms with E-state index in [0.29, 0.717) is 11.4 Å². The molecule has 0 unspecified atom stereocenters. The minimum atomic E-state index is -0.155. The molecule has 0 spiro atoms. The summed E-state index contributed by atoms with van der Waals surface area (Å²) in [5.41, 5.74) is 9.22. The van der Waals surface area contributed by atoms with Gasteiger partial charge in [0.1, 0.15) is 5.75 Å². The Morgan fingerprint density at radius 1 is 1.30 bits per heavy atom. The van der Waals surface area contributed by atoms with Crippen LogP contribution in [0.3, 0.4) is 0 Å². The zero-order valence-electron chi connectivity index (χ0n) is 11.8. The van der Waals surface area contributed by atoms with Gasteiger partial charge < -0.3 is 10.5 Å². The summed E-state index contributed by atoms with van der Waals surface area (Å²) in [6.45, 7) is 5.72. The molecule has 2 N–H and O–H groups in total. The van der Waals surface area contributed by atoms with Gasteiger partial charge in [-0.15, -0.1) is 0 Å². The number of ether oxygens (including phenoxy) is 1. The lowest BCUT2D eigenvalue weighted by Gasteiger charge is -2.15. The SMILES string of the molecule is Cc1cc(C#N)cc(C)c1Oc1ncccc1[C@@H](C)N. The monoisotopic (exact) mass is 267 g/mol. The average Bonchev–Trinajstić information content (AvgIpc) is 2.42. The van der Waals surface area contributed by atoms with E-state index in [2.05, 4.69) is 11.1 Å². The fourth-order valence-corrected chi connectivity index (χ4v) is 2.11. The summed E-state index contributed by atoms with van der Waals surface area (Å²) < 4.78 is 5.93. The van der Waals surface area contributed by atoms with Crippen LogP contribution in [0.2, 0.25) is 0 Å². The molecule has 1 aromatic carbocycles. The molecule has 4 nitrogen and oxygen atoms in total. The molecule has 2 rings (SSSR count). The molecule has 0 aliphatic rings. The van der Waals surface area contributed by atoms with Gasteiger partial charge in [0.25, 0.3) is 0 Å². The maximum atomic E-state index is 8.96. The molecule has 1 atom stereocenters. The summed E-state index contributed by atoms with van der Waals surface area (Å²) in [4.78, 5) is 4.25. The fourth-order valence-electron chi connectivity index (χ4n) is 2.11. The second-order valence-electron chi connectivity index (χ2n) is 4.84. The number of pyridine rings is 1. The molecule has 102 valence electrons. The molecule has 20 heavy (non-hydrogen) atoms. The van der Waals surface area contributed by atoms with Crippen LogP contribution in [-0.4, -0.2) is 4.98 Å². The van der Waals surface area contributed by atoms with Gasteiger partial charge in [-0.1, -0.05) is 6.07 Å². The maximum absolute atomic E-state index is 8.96. The molecule has 0 bridgehead atoms. The first kappa shape index (κ1) is 14.0. The van der Waals surface area contributed by atoms with Crippen molar-refractivity contribution in [3.8, 4) is 17.7 Å². The van der Waals surface area contributed by atoms with Gasteiger partial charge in [0.05, 0.1) is 11.6 Å². The summed E-state index contributed by atoms with van der Waals surface area (Å²) in [5.74, 6) is 1.24. The van der Waals surface area contributed by atoms with Crippen molar-refractivity contribution in [3.63, 3.8) is 0 Å². The Bertz CT molecular complexity index is 649. The highest BCUT2D eigenvalue weighted by Gasteiger charge is 2.13. The van der Waals surface area contributed by atoms with Crippen molar-refractivity contribution in [1.82, 2.24) is 4.98 Å². The van der Waals surface area contributed by atoms with Crippen molar-refractivity contribution in [2.75, 3.05) is 0 Å². The van der Waals surface area contributed by atoms with E-state index in [-0.39, 0.29) is 6.04 Å². The number of aromatic nitrogens is 1. The summed E-state index contributed by atoms with van der Waals surface area (Å²) in [6, 6.07) is 9.33. The van der Waals surface area contributed by atoms with Crippen LogP contribution >= 0.6 is 0 Å². The largest absolute Gasteiger partial charge is 0.438 e. The topological polar surface area (TPSA) is 71.9 Å². The Hall–Kier alpha value is -2.38. The third kappa shape index (κ3) is 2.79. The summed E-state index contributed by atoms with van der Waals surface area (Å²) >= 11 is 0. The molecule has 0 amide bonds. The molecule has 1 heterocycles. The van der Waals surface area contributed by atoms with Crippen LogP contribution in [0.5, 0.6) is 11.6 Å². The van der Waals surface area contributed by atoms with Crippen LogP contribution in [0.25, 0.3) is 0 Å². The van der Waals surface area contributed by atoms with Crippen LogP contribution < -0.4 is 10.5 Å². The van der Waals surface area contributed by atoms with Crippen LogP contribution in [0.1, 0.15) is 35.2 Å². The van der Waals surface area contributed by atoms with E-state index in [9.17, 15) is 0 Å². The van der Waals surface area contributed by atoms with Crippen molar-refractivity contribution in [1.29, 1.82) is 5.26 Å². The van der Waals surface area contributed by atoms with Crippen molar-refractivity contribution >= 4 is 0 Å². The third-order valence-electron chi connectivity index (χ3n) is 3.08. The fraction of sp³-hybridized carbons (Fsp3) is 0.250. The lowest BCUT2D eigenvalue weighted by atomic mass is 10.1. The lowest BCUT2D eigenvalue weighted by molar-refractivity contribution is 0.445. The minimum absolute atomic E-state index is 0.155. The molecule has 1 aromatic heterocycles. The first-order valence-corrected chi connectivity index (χ1v) is 6.42. The Labute approximate surface area is 118 Å². The van der Waals surface area contributed by atoms with Gasteiger partial charge in [0.2, 0.25) is 5.88 Å². The smallest absolute Gasteiger partial charge is 0.223 e. The molecule has 0 radical (unpaired) electrons. The molecule has 4 heteroatoms. The highest BCUT2D eigenvalue weighted by Crippen LogP contribution is 2.31. The van der Waals surface area contributed by atoms with Gasteiger partial charge in [-0.05, 0) is 50.1 Å². The highest BCUT2D eigenvalue weighted by atomic mass is 16.5. The van der Waals surface area contributed by atoms with E-state index < -0.39 is 0 Å². The quantitative estimate of drug-likeness (QED) is 0.925. The first-order chi connectivity index (χ1) is 9.52. The number of nitriles is 1. The van der Waals surface area contributed by atoms with E-state index in [1.165, 1.54) is 0 Å². The number of nitrogens with zero attached hydrogens (tertiary/aromatic N) is 2. The van der Waals surface area contributed by atoms with Crippen LogP contribution in [-0.2, 0) is 0 Å². The van der Waals surface area contributed by atoms with Crippen molar-refractivity contribution < 1.29 is 4.74 Å². The second-order valence-corrected chi connectivity index (χ2v) is 4.84. The number of nitrogens with two attached hydrogens (primary N) is 1. The standard InChI is InChI=1S/C16H17N3O/c1-10-7-13(9-17)8-11(2)15(10)20-16-14(12(3)18)5-4-6-19-16/h4-8,12H,18H2,1-3H3/t12-/m1/s1. The maximum Gasteiger partial charge on any atom is 0.223 e. The van der Waals surface area contributed by atoms with Gasteiger partial charge in [-0.25, -0.2) is 4.98 Å². The van der Waals surface area contributed by atoms with E-state index in [4.69, 9.17) is 15.7 Å². The van der Waals surface area contributed by atoms with E-state index in [1.54, 1.807) is 18.3 Å². The van der Waals surface area contributed by atoms with Gasteiger partial charge in [0, 0.05) is 17.8 Å². The van der Waals surface area contributed by atoms with Crippen molar-refractivity contribution in [3.05, 3.63) is 52.7 Å². The molecule has 0 saturated heterocycles. The van der Waals surface area contributed by atoms with E-state index in [1.807, 2.05) is 32.9 Å². The molecule has 0 aliphatic heterocycles.